The molecular formula is C11H13BrN4. The summed E-state index contributed by atoms with van der Waals surface area (Å²) < 4.78 is 2.92. The Balaban J connectivity index is 2.58. The highest BCUT2D eigenvalue weighted by Crippen LogP contribution is 2.29. The van der Waals surface area contributed by atoms with Crippen LogP contribution in [-0.2, 0) is 7.05 Å². The van der Waals surface area contributed by atoms with Gasteiger partial charge in [-0.3, -0.25) is 0 Å². The Morgan fingerprint density at radius 3 is 2.38 bits per heavy atom. The first-order valence-electron chi connectivity index (χ1n) is 5.08. The number of nitrogens with zero attached hydrogens (tertiary/aromatic N) is 4. The lowest BCUT2D eigenvalue weighted by atomic mass is 10.2. The second-order valence-corrected chi connectivity index (χ2v) is 4.70. The number of hydrogen-bond donors (Lipinski definition) is 0. The number of imidazole rings is 1. The summed E-state index contributed by atoms with van der Waals surface area (Å²) >= 11 is 3.49. The lowest BCUT2D eigenvalue weighted by Gasteiger charge is -2.07. The topological polar surface area (TPSA) is 43.6 Å². The lowest BCUT2D eigenvalue weighted by molar-refractivity contribution is 0.713. The molecule has 2 heterocycles. The molecule has 0 spiro atoms. The van der Waals surface area contributed by atoms with Gasteiger partial charge >= 0.3 is 0 Å². The van der Waals surface area contributed by atoms with Gasteiger partial charge in [0.05, 0.1) is 5.69 Å². The maximum absolute atomic E-state index is 4.51. The fourth-order valence-electron chi connectivity index (χ4n) is 1.73. The number of hydrogen-bond acceptors (Lipinski definition) is 3. The van der Waals surface area contributed by atoms with Crippen LogP contribution < -0.4 is 0 Å². The first-order valence-corrected chi connectivity index (χ1v) is 5.88. The molecule has 0 aliphatic heterocycles. The van der Waals surface area contributed by atoms with Crippen LogP contribution in [0.15, 0.2) is 23.3 Å². The van der Waals surface area contributed by atoms with Crippen LogP contribution in [0.1, 0.15) is 25.6 Å². The van der Waals surface area contributed by atoms with E-state index >= 15 is 0 Å². The van der Waals surface area contributed by atoms with Crippen LogP contribution in [0, 0.1) is 0 Å². The van der Waals surface area contributed by atoms with E-state index in [1.54, 1.807) is 12.4 Å². The monoisotopic (exact) mass is 280 g/mol. The molecule has 0 aliphatic rings. The molecule has 5 heteroatoms. The van der Waals surface area contributed by atoms with Crippen molar-refractivity contribution in [1.82, 2.24) is 19.5 Å². The van der Waals surface area contributed by atoms with Gasteiger partial charge in [0.2, 0.25) is 0 Å². The van der Waals surface area contributed by atoms with Crippen LogP contribution in [0.5, 0.6) is 0 Å². The SMILES string of the molecule is CC(C)c1nc(Br)c(-c2cncnc2)n1C. The summed E-state index contributed by atoms with van der Waals surface area (Å²) in [6.07, 6.45) is 5.11. The third-order valence-electron chi connectivity index (χ3n) is 2.44. The standard InChI is InChI=1S/C11H13BrN4/c1-7(2)11-15-10(12)9(16(11)3)8-4-13-6-14-5-8/h4-7H,1-3H3. The quantitative estimate of drug-likeness (QED) is 0.850. The van der Waals surface area contributed by atoms with E-state index in [1.165, 1.54) is 6.33 Å². The number of rotatable bonds is 2. The first kappa shape index (κ1) is 11.3. The Morgan fingerprint density at radius 2 is 1.88 bits per heavy atom. The van der Waals surface area contributed by atoms with Gasteiger partial charge in [-0.15, -0.1) is 0 Å². The van der Waals surface area contributed by atoms with Crippen molar-refractivity contribution >= 4 is 15.9 Å². The van der Waals surface area contributed by atoms with Crippen molar-refractivity contribution in [1.29, 1.82) is 0 Å². The fourth-order valence-corrected chi connectivity index (χ4v) is 2.41. The molecule has 0 radical (unpaired) electrons. The highest BCUT2D eigenvalue weighted by molar-refractivity contribution is 9.10. The van der Waals surface area contributed by atoms with Crippen LogP contribution in [0.3, 0.4) is 0 Å². The predicted octanol–water partition coefficient (Wildman–Crippen LogP) is 2.76. The molecule has 0 unspecified atom stereocenters. The summed E-state index contributed by atoms with van der Waals surface area (Å²) in [7, 11) is 2.01. The van der Waals surface area contributed by atoms with Gasteiger partial charge in [0, 0.05) is 30.9 Å². The maximum Gasteiger partial charge on any atom is 0.132 e. The molecule has 2 rings (SSSR count). The number of aromatic nitrogens is 4. The molecule has 0 aliphatic carbocycles. The molecule has 0 amide bonds. The molecule has 84 valence electrons. The average Bonchev–Trinajstić information content (AvgIpc) is 2.56. The molecule has 4 nitrogen and oxygen atoms in total. The molecule has 0 saturated heterocycles. The van der Waals surface area contributed by atoms with Crippen LogP contribution in [0.4, 0.5) is 0 Å². The first-order chi connectivity index (χ1) is 7.61. The second kappa shape index (κ2) is 4.33. The van der Waals surface area contributed by atoms with Gasteiger partial charge in [-0.25, -0.2) is 15.0 Å². The molecule has 0 saturated carbocycles. The molecule has 16 heavy (non-hydrogen) atoms. The van der Waals surface area contributed by atoms with E-state index < -0.39 is 0 Å². The highest BCUT2D eigenvalue weighted by Gasteiger charge is 2.16. The summed E-state index contributed by atoms with van der Waals surface area (Å²) in [6.45, 7) is 4.25. The van der Waals surface area contributed by atoms with E-state index in [0.717, 1.165) is 21.7 Å². The minimum atomic E-state index is 0.389. The van der Waals surface area contributed by atoms with Crippen molar-refractivity contribution in [2.24, 2.45) is 7.05 Å². The van der Waals surface area contributed by atoms with Gasteiger partial charge < -0.3 is 4.57 Å². The summed E-state index contributed by atoms with van der Waals surface area (Å²) in [4.78, 5) is 12.6. The summed E-state index contributed by atoms with van der Waals surface area (Å²) in [6, 6.07) is 0. The minimum Gasteiger partial charge on any atom is -0.330 e. The second-order valence-electron chi connectivity index (χ2n) is 3.95. The van der Waals surface area contributed by atoms with E-state index in [9.17, 15) is 0 Å². The van der Waals surface area contributed by atoms with Crippen LogP contribution in [0.2, 0.25) is 0 Å². The third-order valence-corrected chi connectivity index (χ3v) is 2.99. The fraction of sp³-hybridized carbons (Fsp3) is 0.364. The molecule has 0 atom stereocenters. The van der Waals surface area contributed by atoms with E-state index in [-0.39, 0.29) is 0 Å². The summed E-state index contributed by atoms with van der Waals surface area (Å²) in [5, 5.41) is 0. The van der Waals surface area contributed by atoms with Crippen molar-refractivity contribution in [3.63, 3.8) is 0 Å². The van der Waals surface area contributed by atoms with E-state index in [4.69, 9.17) is 0 Å². The van der Waals surface area contributed by atoms with Gasteiger partial charge in [0.25, 0.3) is 0 Å². The van der Waals surface area contributed by atoms with E-state index in [0.29, 0.717) is 5.92 Å². The maximum atomic E-state index is 4.51. The van der Waals surface area contributed by atoms with Gasteiger partial charge in [-0.2, -0.15) is 0 Å². The molecule has 0 aromatic carbocycles. The van der Waals surface area contributed by atoms with Gasteiger partial charge in [0.15, 0.2) is 0 Å². The number of halogens is 1. The minimum absolute atomic E-state index is 0.389. The molecule has 2 aromatic heterocycles. The van der Waals surface area contributed by atoms with Crippen molar-refractivity contribution in [3.8, 4) is 11.3 Å². The molecule has 0 bridgehead atoms. The Hall–Kier alpha value is -1.23. The van der Waals surface area contributed by atoms with Crippen molar-refractivity contribution in [2.45, 2.75) is 19.8 Å². The van der Waals surface area contributed by atoms with Gasteiger partial charge in [-0.05, 0) is 15.9 Å². The van der Waals surface area contributed by atoms with E-state index in [2.05, 4.69) is 49.3 Å². The predicted molar refractivity (Wildman–Crippen MR) is 66.0 cm³/mol. The van der Waals surface area contributed by atoms with Crippen molar-refractivity contribution in [3.05, 3.63) is 29.1 Å². The van der Waals surface area contributed by atoms with Crippen LogP contribution >= 0.6 is 15.9 Å². The Morgan fingerprint density at radius 1 is 1.25 bits per heavy atom. The largest absolute Gasteiger partial charge is 0.330 e. The molecule has 0 N–H and O–H groups in total. The third kappa shape index (κ3) is 1.87. The smallest absolute Gasteiger partial charge is 0.132 e. The normalized spacial score (nSPS) is 11.1. The summed E-state index contributed by atoms with van der Waals surface area (Å²) in [5.74, 6) is 1.44. The zero-order valence-electron chi connectivity index (χ0n) is 9.48. The Bertz CT molecular complexity index is 490. The summed E-state index contributed by atoms with van der Waals surface area (Å²) in [5.41, 5.74) is 1.99. The van der Waals surface area contributed by atoms with Gasteiger partial charge in [0.1, 0.15) is 16.8 Å². The van der Waals surface area contributed by atoms with Crippen LogP contribution in [0.25, 0.3) is 11.3 Å². The van der Waals surface area contributed by atoms with E-state index in [1.807, 2.05) is 7.05 Å². The van der Waals surface area contributed by atoms with Crippen LogP contribution in [-0.4, -0.2) is 19.5 Å². The van der Waals surface area contributed by atoms with Crippen molar-refractivity contribution < 1.29 is 0 Å². The van der Waals surface area contributed by atoms with Gasteiger partial charge in [-0.1, -0.05) is 13.8 Å². The Labute approximate surface area is 103 Å². The Kier molecular flexibility index (Phi) is 3.05. The molecular weight excluding hydrogens is 268 g/mol. The zero-order valence-corrected chi connectivity index (χ0v) is 11.1. The molecule has 2 aromatic rings. The highest BCUT2D eigenvalue weighted by atomic mass is 79.9. The lowest BCUT2D eigenvalue weighted by Crippen LogP contribution is -2.01. The average molecular weight is 281 g/mol. The molecule has 0 fully saturated rings. The van der Waals surface area contributed by atoms with Crippen molar-refractivity contribution in [2.75, 3.05) is 0 Å². The zero-order chi connectivity index (χ0) is 11.7.